The van der Waals surface area contributed by atoms with Crippen LogP contribution in [0.2, 0.25) is 0 Å². The molecule has 0 spiro atoms. The van der Waals surface area contributed by atoms with Crippen LogP contribution in [0.15, 0.2) is 30.9 Å². The molecule has 66 valence electrons. The Morgan fingerprint density at radius 1 is 1.62 bits per heavy atom. The molecule has 0 heterocycles. The molecule has 13 heavy (non-hydrogen) atoms. The van der Waals surface area contributed by atoms with E-state index in [4.69, 9.17) is 4.74 Å². The van der Waals surface area contributed by atoms with Gasteiger partial charge in [0, 0.05) is 5.75 Å². The molecule has 0 fully saturated rings. The monoisotopic (exact) mass is 250 g/mol. The van der Waals surface area contributed by atoms with Gasteiger partial charge in [0.25, 0.3) is 0 Å². The minimum Gasteiger partial charge on any atom is -1.00 e. The minimum atomic E-state index is 0. The molecular weight excluding hydrogens is 240 g/mol. The van der Waals surface area contributed by atoms with E-state index in [1.165, 1.54) is 0 Å². The van der Waals surface area contributed by atoms with Crippen molar-refractivity contribution in [1.82, 2.24) is 0 Å². The second-order valence-corrected chi connectivity index (χ2v) is 2.29. The summed E-state index contributed by atoms with van der Waals surface area (Å²) in [7, 11) is 0. The van der Waals surface area contributed by atoms with E-state index in [0.717, 1.165) is 11.3 Å². The Kier molecular flexibility index (Phi) is 10.2. The Morgan fingerprint density at radius 2 is 2.31 bits per heavy atom. The first-order valence-corrected chi connectivity index (χ1v) is 3.55. The summed E-state index contributed by atoms with van der Waals surface area (Å²) in [6, 6.07) is 8.61. The number of benzene rings is 1. The smallest absolute Gasteiger partial charge is 1.00 e. The van der Waals surface area contributed by atoms with Crippen LogP contribution >= 0.6 is 0 Å². The topological polar surface area (TPSA) is 9.23 Å². The zero-order valence-electron chi connectivity index (χ0n) is 7.72. The summed E-state index contributed by atoms with van der Waals surface area (Å²) < 4.78 is 5.35. The van der Waals surface area contributed by atoms with Gasteiger partial charge in [-0.05, 0) is 0 Å². The number of hydrogen-bond donors (Lipinski definition) is 0. The number of rotatable bonds is 3. The zero-order chi connectivity index (χ0) is 8.10. The molecular formula is C10H11BrMgO. The molecule has 0 amide bonds. The molecule has 0 aliphatic rings. The van der Waals surface area contributed by atoms with Crippen LogP contribution in [0.1, 0.15) is 5.56 Å². The van der Waals surface area contributed by atoms with E-state index in [1.807, 2.05) is 25.1 Å². The molecule has 0 saturated carbocycles. The van der Waals surface area contributed by atoms with E-state index < -0.39 is 0 Å². The van der Waals surface area contributed by atoms with Gasteiger partial charge < -0.3 is 21.7 Å². The van der Waals surface area contributed by atoms with Crippen molar-refractivity contribution in [1.29, 1.82) is 0 Å². The van der Waals surface area contributed by atoms with Gasteiger partial charge in [-0.15, -0.1) is 11.6 Å². The molecule has 0 aromatic heterocycles. The predicted molar refractivity (Wildman–Crippen MR) is 51.5 cm³/mol. The first kappa shape index (κ1) is 15.5. The quantitative estimate of drug-likeness (QED) is 0.380. The fraction of sp³-hybridized carbons (Fsp3) is 0.200. The van der Waals surface area contributed by atoms with Gasteiger partial charge in [-0.3, -0.25) is 0 Å². The zero-order valence-corrected chi connectivity index (χ0v) is 10.7. The fourth-order valence-electron chi connectivity index (χ4n) is 0.810. The SMILES string of the molecule is C=CCOc1cc[c-]cc1C.[Br-].[Mg+2]. The number of hydrogen-bond acceptors (Lipinski definition) is 1. The van der Waals surface area contributed by atoms with Crippen LogP contribution in [0, 0.1) is 13.0 Å². The van der Waals surface area contributed by atoms with Gasteiger partial charge in [0.2, 0.25) is 0 Å². The molecule has 0 aliphatic heterocycles. The molecule has 1 aromatic rings. The minimum absolute atomic E-state index is 0. The van der Waals surface area contributed by atoms with Crippen LogP contribution in [0.25, 0.3) is 0 Å². The van der Waals surface area contributed by atoms with Crippen LogP contribution in [-0.4, -0.2) is 29.7 Å². The van der Waals surface area contributed by atoms with Gasteiger partial charge in [0.05, 0.1) is 0 Å². The number of halogens is 1. The van der Waals surface area contributed by atoms with Crippen LogP contribution in [-0.2, 0) is 0 Å². The summed E-state index contributed by atoms with van der Waals surface area (Å²) in [5.41, 5.74) is 1.11. The summed E-state index contributed by atoms with van der Waals surface area (Å²) in [6.07, 6.45) is 1.73. The van der Waals surface area contributed by atoms with Crippen LogP contribution in [0.3, 0.4) is 0 Å². The van der Waals surface area contributed by atoms with Crippen molar-refractivity contribution in [3.05, 3.63) is 42.5 Å². The third-order valence-corrected chi connectivity index (χ3v) is 1.38. The van der Waals surface area contributed by atoms with E-state index in [1.54, 1.807) is 6.08 Å². The van der Waals surface area contributed by atoms with Gasteiger partial charge in [0.1, 0.15) is 6.61 Å². The maximum atomic E-state index is 5.35. The van der Waals surface area contributed by atoms with Crippen molar-refractivity contribution in [3.8, 4) is 5.75 Å². The van der Waals surface area contributed by atoms with E-state index in [9.17, 15) is 0 Å². The Hall–Kier alpha value is 0.00623. The molecule has 0 radical (unpaired) electrons. The standard InChI is InChI=1S/C10H11O.BrH.Mg/c1-3-8-11-10-7-5-4-6-9(10)2;;/h3,5-7H,1,8H2,2H3;1H;/q-1;;+2/p-1. The van der Waals surface area contributed by atoms with Gasteiger partial charge in [0.15, 0.2) is 0 Å². The van der Waals surface area contributed by atoms with Gasteiger partial charge in [-0.25, -0.2) is 0 Å². The summed E-state index contributed by atoms with van der Waals surface area (Å²) in [5, 5.41) is 0. The van der Waals surface area contributed by atoms with Crippen LogP contribution in [0.4, 0.5) is 0 Å². The van der Waals surface area contributed by atoms with Crippen molar-refractivity contribution in [2.24, 2.45) is 0 Å². The molecule has 3 heteroatoms. The predicted octanol–water partition coefficient (Wildman–Crippen LogP) is -1.02. The molecule has 0 saturated heterocycles. The summed E-state index contributed by atoms with van der Waals surface area (Å²) in [5.74, 6) is 0.906. The maximum absolute atomic E-state index is 5.35. The second kappa shape index (κ2) is 8.60. The van der Waals surface area contributed by atoms with Crippen LogP contribution in [0.5, 0.6) is 5.75 Å². The fourth-order valence-corrected chi connectivity index (χ4v) is 0.810. The molecule has 0 unspecified atom stereocenters. The average molecular weight is 251 g/mol. The Balaban J connectivity index is 0. The van der Waals surface area contributed by atoms with Crippen molar-refractivity contribution < 1.29 is 21.7 Å². The first-order chi connectivity index (χ1) is 5.34. The number of aryl methyl sites for hydroxylation is 1. The molecule has 1 rings (SSSR count). The Bertz CT molecular complexity index is 250. The molecule has 0 bridgehead atoms. The summed E-state index contributed by atoms with van der Waals surface area (Å²) >= 11 is 0. The second-order valence-electron chi connectivity index (χ2n) is 2.29. The molecule has 1 aromatic carbocycles. The molecule has 0 aliphatic carbocycles. The molecule has 1 nitrogen and oxygen atoms in total. The third-order valence-electron chi connectivity index (χ3n) is 1.38. The van der Waals surface area contributed by atoms with Crippen molar-refractivity contribution in [2.75, 3.05) is 6.61 Å². The third kappa shape index (κ3) is 5.34. The van der Waals surface area contributed by atoms with Gasteiger partial charge in [-0.1, -0.05) is 19.6 Å². The summed E-state index contributed by atoms with van der Waals surface area (Å²) in [6.45, 7) is 6.13. The van der Waals surface area contributed by atoms with E-state index in [2.05, 4.69) is 12.6 Å². The Morgan fingerprint density at radius 3 is 2.85 bits per heavy atom. The average Bonchev–Trinajstić information content (AvgIpc) is 2.03. The van der Waals surface area contributed by atoms with E-state index >= 15 is 0 Å². The van der Waals surface area contributed by atoms with E-state index in [0.29, 0.717) is 6.61 Å². The van der Waals surface area contributed by atoms with Crippen molar-refractivity contribution >= 4 is 23.1 Å². The molecule has 0 atom stereocenters. The normalized spacial score (nSPS) is 7.77. The van der Waals surface area contributed by atoms with Crippen molar-refractivity contribution in [2.45, 2.75) is 6.92 Å². The van der Waals surface area contributed by atoms with E-state index in [-0.39, 0.29) is 40.0 Å². The van der Waals surface area contributed by atoms with Crippen LogP contribution < -0.4 is 21.7 Å². The molecule has 0 N–H and O–H groups in total. The number of ether oxygens (including phenoxy) is 1. The van der Waals surface area contributed by atoms with Gasteiger partial charge >= 0.3 is 23.1 Å². The maximum Gasteiger partial charge on any atom is 2.00 e. The Labute approximate surface area is 106 Å². The summed E-state index contributed by atoms with van der Waals surface area (Å²) in [4.78, 5) is 0. The van der Waals surface area contributed by atoms with Crippen molar-refractivity contribution in [3.63, 3.8) is 0 Å². The van der Waals surface area contributed by atoms with Gasteiger partial charge in [-0.2, -0.15) is 18.2 Å². The first-order valence-electron chi connectivity index (χ1n) is 3.55. The largest absolute Gasteiger partial charge is 2.00 e.